The molecule has 1 aliphatic heterocycles. The van der Waals surface area contributed by atoms with Crippen molar-refractivity contribution in [1.82, 2.24) is 14.9 Å². The molecule has 142 valence electrons. The zero-order chi connectivity index (χ0) is 18.2. The highest BCUT2D eigenvalue weighted by atomic mass is 32.2. The Labute approximate surface area is 147 Å². The van der Waals surface area contributed by atoms with Crippen LogP contribution in [0.1, 0.15) is 41.0 Å². The first kappa shape index (κ1) is 21.2. The van der Waals surface area contributed by atoms with Gasteiger partial charge in [0.1, 0.15) is 0 Å². The summed E-state index contributed by atoms with van der Waals surface area (Å²) in [6.45, 7) is 12.8. The van der Waals surface area contributed by atoms with Gasteiger partial charge >= 0.3 is 0 Å². The Balaban J connectivity index is 2.50. The molecule has 7 nitrogen and oxygen atoms in total. The second-order valence-electron chi connectivity index (χ2n) is 6.76. The second-order valence-corrected chi connectivity index (χ2v) is 8.85. The van der Waals surface area contributed by atoms with Crippen LogP contribution >= 0.6 is 0 Å². The molecule has 2 unspecified atom stereocenters. The van der Waals surface area contributed by atoms with Gasteiger partial charge in [-0.2, -0.15) is 4.31 Å². The van der Waals surface area contributed by atoms with Crippen LogP contribution in [-0.4, -0.2) is 69.4 Å². The van der Waals surface area contributed by atoms with E-state index in [2.05, 4.69) is 29.5 Å². The summed E-state index contributed by atoms with van der Waals surface area (Å²) in [6.07, 6.45) is 0.885. The Bertz CT molecular complexity index is 484. The number of nitrogens with one attached hydrogen (secondary N) is 2. The fraction of sp³-hybridized carbons (Fsp3) is 0.938. The van der Waals surface area contributed by atoms with E-state index in [0.29, 0.717) is 31.5 Å². The topological polar surface area (TPSA) is 83.0 Å². The van der Waals surface area contributed by atoms with Crippen molar-refractivity contribution < 1.29 is 13.2 Å². The molecule has 0 bridgehead atoms. The van der Waals surface area contributed by atoms with Gasteiger partial charge in [-0.3, -0.25) is 4.99 Å². The van der Waals surface area contributed by atoms with E-state index in [4.69, 9.17) is 4.74 Å². The van der Waals surface area contributed by atoms with Crippen molar-refractivity contribution in [1.29, 1.82) is 0 Å². The molecule has 0 saturated carbocycles. The molecule has 0 radical (unpaired) electrons. The summed E-state index contributed by atoms with van der Waals surface area (Å²) in [5.41, 5.74) is 0. The van der Waals surface area contributed by atoms with Crippen molar-refractivity contribution in [2.24, 2.45) is 10.9 Å². The summed E-state index contributed by atoms with van der Waals surface area (Å²) in [5, 5.41) is 6.26. The van der Waals surface area contributed by atoms with Gasteiger partial charge in [0.2, 0.25) is 10.0 Å². The lowest BCUT2D eigenvalue weighted by Crippen LogP contribution is -2.50. The molecule has 1 saturated heterocycles. The van der Waals surface area contributed by atoms with Crippen LogP contribution in [0.3, 0.4) is 0 Å². The smallest absolute Gasteiger partial charge is 0.216 e. The van der Waals surface area contributed by atoms with Crippen LogP contribution in [0.25, 0.3) is 0 Å². The molecule has 0 spiro atoms. The summed E-state index contributed by atoms with van der Waals surface area (Å²) in [5.74, 6) is 1.33. The summed E-state index contributed by atoms with van der Waals surface area (Å²) in [4.78, 5) is 4.48. The van der Waals surface area contributed by atoms with E-state index in [9.17, 15) is 8.42 Å². The SMILES string of the molecule is CCNC(=NCCC(C)C)NCCS(=O)(=O)N1CC(C)OC(C)C1. The van der Waals surface area contributed by atoms with Crippen molar-refractivity contribution in [2.45, 2.75) is 53.2 Å². The van der Waals surface area contributed by atoms with E-state index < -0.39 is 10.0 Å². The van der Waals surface area contributed by atoms with E-state index >= 15 is 0 Å². The quantitative estimate of drug-likeness (QED) is 0.498. The van der Waals surface area contributed by atoms with Crippen molar-refractivity contribution in [3.05, 3.63) is 0 Å². The maximum Gasteiger partial charge on any atom is 0.216 e. The van der Waals surface area contributed by atoms with E-state index in [1.165, 1.54) is 4.31 Å². The minimum atomic E-state index is -3.29. The molecule has 1 heterocycles. The maximum absolute atomic E-state index is 12.5. The van der Waals surface area contributed by atoms with E-state index in [0.717, 1.165) is 19.5 Å². The number of sulfonamides is 1. The molecule has 1 rings (SSSR count). The monoisotopic (exact) mass is 362 g/mol. The molecule has 1 aliphatic rings. The first-order valence-corrected chi connectivity index (χ1v) is 10.5. The Morgan fingerprint density at radius 2 is 1.88 bits per heavy atom. The van der Waals surface area contributed by atoms with Gasteiger partial charge < -0.3 is 15.4 Å². The molecule has 1 fully saturated rings. The number of rotatable bonds is 8. The lowest BCUT2D eigenvalue weighted by Gasteiger charge is -2.34. The van der Waals surface area contributed by atoms with Crippen molar-refractivity contribution in [2.75, 3.05) is 38.5 Å². The molecule has 2 atom stereocenters. The highest BCUT2D eigenvalue weighted by Crippen LogP contribution is 2.14. The number of guanidine groups is 1. The molecule has 2 N–H and O–H groups in total. The fourth-order valence-electron chi connectivity index (χ4n) is 2.56. The predicted molar refractivity (Wildman–Crippen MR) is 98.8 cm³/mol. The van der Waals surface area contributed by atoms with Crippen LogP contribution in [0.15, 0.2) is 4.99 Å². The number of hydrogen-bond acceptors (Lipinski definition) is 4. The molecule has 0 amide bonds. The van der Waals surface area contributed by atoms with Crippen LogP contribution in [0.5, 0.6) is 0 Å². The third kappa shape index (κ3) is 7.81. The van der Waals surface area contributed by atoms with Gasteiger partial charge in [0.15, 0.2) is 5.96 Å². The van der Waals surface area contributed by atoms with E-state index in [1.807, 2.05) is 20.8 Å². The highest BCUT2D eigenvalue weighted by Gasteiger charge is 2.30. The van der Waals surface area contributed by atoms with E-state index in [1.54, 1.807) is 0 Å². The molecule has 0 aliphatic carbocycles. The molecular formula is C16H34N4O3S. The first-order valence-electron chi connectivity index (χ1n) is 8.90. The minimum absolute atomic E-state index is 0.0566. The number of aliphatic imine (C=N–C) groups is 1. The minimum Gasteiger partial charge on any atom is -0.373 e. The molecule has 0 aromatic rings. The van der Waals surface area contributed by atoms with Crippen molar-refractivity contribution >= 4 is 16.0 Å². The Hall–Kier alpha value is -0.860. The maximum atomic E-state index is 12.5. The largest absolute Gasteiger partial charge is 0.373 e. The van der Waals surface area contributed by atoms with Gasteiger partial charge in [-0.25, -0.2) is 8.42 Å². The predicted octanol–water partition coefficient (Wildman–Crippen LogP) is 1.03. The lowest BCUT2D eigenvalue weighted by atomic mass is 10.1. The lowest BCUT2D eigenvalue weighted by molar-refractivity contribution is -0.0440. The zero-order valence-electron chi connectivity index (χ0n) is 15.7. The third-order valence-electron chi connectivity index (χ3n) is 3.75. The zero-order valence-corrected chi connectivity index (χ0v) is 16.5. The van der Waals surface area contributed by atoms with Gasteiger partial charge in [-0.1, -0.05) is 13.8 Å². The second kappa shape index (κ2) is 10.2. The average molecular weight is 363 g/mol. The molecule has 24 heavy (non-hydrogen) atoms. The average Bonchev–Trinajstić information content (AvgIpc) is 2.45. The molecule has 8 heteroatoms. The Morgan fingerprint density at radius 1 is 1.25 bits per heavy atom. The van der Waals surface area contributed by atoms with Gasteiger partial charge in [0.25, 0.3) is 0 Å². The Kier molecular flexibility index (Phi) is 9.01. The highest BCUT2D eigenvalue weighted by molar-refractivity contribution is 7.89. The van der Waals surface area contributed by atoms with Gasteiger partial charge in [0, 0.05) is 32.7 Å². The normalized spacial score (nSPS) is 23.5. The number of morpholine rings is 1. The number of ether oxygens (including phenoxy) is 1. The van der Waals surface area contributed by atoms with Gasteiger partial charge in [-0.05, 0) is 33.1 Å². The summed E-state index contributed by atoms with van der Waals surface area (Å²) in [7, 11) is -3.29. The summed E-state index contributed by atoms with van der Waals surface area (Å²) in [6, 6.07) is 0. The standard InChI is InChI=1S/C16H34N4O3S/c1-6-17-16(18-8-7-13(2)3)19-9-10-24(21,22)20-11-14(4)23-15(5)12-20/h13-15H,6-12H2,1-5H3,(H2,17,18,19). The summed E-state index contributed by atoms with van der Waals surface area (Å²) >= 11 is 0. The van der Waals surface area contributed by atoms with Crippen LogP contribution in [-0.2, 0) is 14.8 Å². The van der Waals surface area contributed by atoms with E-state index in [-0.39, 0.29) is 18.0 Å². The van der Waals surface area contributed by atoms with Crippen LogP contribution in [0.2, 0.25) is 0 Å². The molecule has 0 aromatic carbocycles. The van der Waals surface area contributed by atoms with Crippen molar-refractivity contribution in [3.8, 4) is 0 Å². The summed E-state index contributed by atoms with van der Waals surface area (Å²) < 4.78 is 32.1. The number of nitrogens with zero attached hydrogens (tertiary/aromatic N) is 2. The van der Waals surface area contributed by atoms with Crippen molar-refractivity contribution in [3.63, 3.8) is 0 Å². The third-order valence-corrected chi connectivity index (χ3v) is 5.56. The van der Waals surface area contributed by atoms with Gasteiger partial charge in [0.05, 0.1) is 18.0 Å². The number of hydrogen-bond donors (Lipinski definition) is 2. The molecular weight excluding hydrogens is 328 g/mol. The van der Waals surface area contributed by atoms with Crippen LogP contribution in [0.4, 0.5) is 0 Å². The fourth-order valence-corrected chi connectivity index (χ4v) is 4.05. The van der Waals surface area contributed by atoms with Gasteiger partial charge in [-0.15, -0.1) is 0 Å². The van der Waals surface area contributed by atoms with Crippen LogP contribution in [0, 0.1) is 5.92 Å². The molecule has 0 aromatic heterocycles. The van der Waals surface area contributed by atoms with Crippen LogP contribution < -0.4 is 10.6 Å². The Morgan fingerprint density at radius 3 is 2.42 bits per heavy atom. The first-order chi connectivity index (χ1) is 11.2.